The number of H-pyrrole nitrogens is 2. The second kappa shape index (κ2) is 8.44. The summed E-state index contributed by atoms with van der Waals surface area (Å²) >= 11 is 1.12. The van der Waals surface area contributed by atoms with Gasteiger partial charge >= 0.3 is 0 Å². The highest BCUT2D eigenvalue weighted by Crippen LogP contribution is 2.36. The first kappa shape index (κ1) is 20.6. The molecule has 0 spiro atoms. The van der Waals surface area contributed by atoms with E-state index in [0.717, 1.165) is 79.4 Å². The zero-order valence-corrected chi connectivity index (χ0v) is 19.1. The molecule has 0 aliphatic carbocycles. The third-order valence-corrected chi connectivity index (χ3v) is 6.66. The lowest BCUT2D eigenvalue weighted by Crippen LogP contribution is -2.11. The average molecular weight is 470 g/mol. The normalized spacial score (nSPS) is 11.6. The van der Waals surface area contributed by atoms with Crippen molar-refractivity contribution in [1.29, 1.82) is 0 Å². The van der Waals surface area contributed by atoms with Crippen molar-refractivity contribution in [2.24, 2.45) is 0 Å². The second-order valence-corrected chi connectivity index (χ2v) is 9.00. The summed E-state index contributed by atoms with van der Waals surface area (Å²) in [6.45, 7) is 3.75. The van der Waals surface area contributed by atoms with Crippen LogP contribution in [0.5, 0.6) is 0 Å². The molecule has 9 heteroatoms. The van der Waals surface area contributed by atoms with Crippen molar-refractivity contribution in [2.45, 2.75) is 13.5 Å². The number of thiophene rings is 1. The fourth-order valence-corrected chi connectivity index (χ4v) is 4.88. The second-order valence-electron chi connectivity index (χ2n) is 7.96. The Morgan fingerprint density at radius 2 is 1.91 bits per heavy atom. The van der Waals surface area contributed by atoms with Crippen molar-refractivity contribution in [3.8, 4) is 33.0 Å². The number of halogens is 1. The molecule has 6 heterocycles. The van der Waals surface area contributed by atoms with Gasteiger partial charge in [0.1, 0.15) is 5.65 Å². The summed E-state index contributed by atoms with van der Waals surface area (Å²) in [5.41, 5.74) is 7.03. The third-order valence-electron chi connectivity index (χ3n) is 5.76. The maximum Gasteiger partial charge on any atom is 0.181 e. The summed E-state index contributed by atoms with van der Waals surface area (Å²) in [7, 11) is 0. The molecule has 0 saturated carbocycles. The number of nitrogens with one attached hydrogen (secondary N) is 3. The summed E-state index contributed by atoms with van der Waals surface area (Å²) in [6.07, 6.45) is 7.26. The van der Waals surface area contributed by atoms with E-state index in [1.807, 2.05) is 30.7 Å². The van der Waals surface area contributed by atoms with Gasteiger partial charge in [0.2, 0.25) is 0 Å². The van der Waals surface area contributed by atoms with Crippen LogP contribution in [-0.4, -0.2) is 36.7 Å². The van der Waals surface area contributed by atoms with E-state index >= 15 is 0 Å². The topological polar surface area (TPSA) is 95.2 Å². The lowest BCUT2D eigenvalue weighted by molar-refractivity contribution is 0.657. The van der Waals surface area contributed by atoms with Gasteiger partial charge in [-0.2, -0.15) is 9.49 Å². The molecule has 6 rings (SSSR count). The van der Waals surface area contributed by atoms with E-state index in [9.17, 15) is 4.39 Å². The molecule has 168 valence electrons. The molecule has 6 aromatic heterocycles. The van der Waals surface area contributed by atoms with Crippen molar-refractivity contribution in [2.75, 3.05) is 6.54 Å². The molecule has 0 amide bonds. The van der Waals surface area contributed by atoms with Gasteiger partial charge in [0.15, 0.2) is 10.8 Å². The van der Waals surface area contributed by atoms with Gasteiger partial charge in [-0.05, 0) is 48.5 Å². The highest BCUT2D eigenvalue weighted by molar-refractivity contribution is 7.14. The standard InChI is InChI=1S/C25H20FN7S/c1-2-27-10-14-7-15(12-28-11-14)16-8-19-23(32-33-25(19)30-13-16)20-9-18-17(5-6-29-24(18)31-20)21-3-4-22(26)34-21/h3-9,11-13,27H,2,10H2,1H3,(H,29,31)(H,30,32,33). The molecule has 0 atom stereocenters. The molecule has 7 nitrogen and oxygen atoms in total. The Bertz CT molecular complexity index is 1630. The van der Waals surface area contributed by atoms with E-state index in [1.54, 1.807) is 12.3 Å². The smallest absolute Gasteiger partial charge is 0.181 e. The van der Waals surface area contributed by atoms with E-state index < -0.39 is 0 Å². The summed E-state index contributed by atoms with van der Waals surface area (Å²) < 4.78 is 13.6. The molecule has 0 aliphatic rings. The van der Waals surface area contributed by atoms with Crippen molar-refractivity contribution in [3.05, 3.63) is 71.9 Å². The first-order valence-electron chi connectivity index (χ1n) is 10.9. The monoisotopic (exact) mass is 469 g/mol. The number of hydrogen-bond donors (Lipinski definition) is 3. The van der Waals surface area contributed by atoms with Crippen LogP contribution in [-0.2, 0) is 6.54 Å². The summed E-state index contributed by atoms with van der Waals surface area (Å²) in [6, 6.07) is 11.4. The third kappa shape index (κ3) is 3.64. The molecular weight excluding hydrogens is 449 g/mol. The van der Waals surface area contributed by atoms with Crippen LogP contribution in [0.3, 0.4) is 0 Å². The maximum absolute atomic E-state index is 13.6. The van der Waals surface area contributed by atoms with E-state index in [4.69, 9.17) is 0 Å². The number of rotatable bonds is 6. The van der Waals surface area contributed by atoms with Crippen molar-refractivity contribution < 1.29 is 4.39 Å². The largest absolute Gasteiger partial charge is 0.338 e. The van der Waals surface area contributed by atoms with Crippen molar-refractivity contribution in [1.82, 2.24) is 35.5 Å². The van der Waals surface area contributed by atoms with Gasteiger partial charge in [-0.25, -0.2) is 9.97 Å². The van der Waals surface area contributed by atoms with Crippen LogP contribution in [0.1, 0.15) is 12.5 Å². The Kier molecular flexibility index (Phi) is 5.12. The first-order valence-corrected chi connectivity index (χ1v) is 11.7. The molecular formula is C25H20FN7S. The lowest BCUT2D eigenvalue weighted by atomic mass is 10.1. The SMILES string of the molecule is CCNCc1cncc(-c2cnc3n[nH]c(-c4cc5c(-c6ccc(F)s6)ccnc5[nH]4)c3c2)c1. The number of fused-ring (bicyclic) bond motifs is 2. The Morgan fingerprint density at radius 1 is 1.00 bits per heavy atom. The highest BCUT2D eigenvalue weighted by Gasteiger charge is 2.16. The van der Waals surface area contributed by atoms with Gasteiger partial charge in [0.25, 0.3) is 0 Å². The van der Waals surface area contributed by atoms with Crippen LogP contribution in [0.25, 0.3) is 55.0 Å². The first-order chi connectivity index (χ1) is 16.7. The molecule has 0 saturated heterocycles. The minimum absolute atomic E-state index is 0.210. The lowest BCUT2D eigenvalue weighted by Gasteiger charge is -2.05. The Morgan fingerprint density at radius 3 is 2.76 bits per heavy atom. The average Bonchev–Trinajstić information content (AvgIpc) is 3.59. The number of pyridine rings is 3. The molecule has 0 fully saturated rings. The van der Waals surface area contributed by atoms with Crippen LogP contribution in [0, 0.1) is 5.13 Å². The molecule has 0 unspecified atom stereocenters. The van der Waals surface area contributed by atoms with E-state index in [2.05, 4.69) is 54.5 Å². The number of aromatic amines is 2. The van der Waals surface area contributed by atoms with Crippen LogP contribution in [0.15, 0.2) is 61.2 Å². The molecule has 34 heavy (non-hydrogen) atoms. The predicted octanol–water partition coefficient (Wildman–Crippen LogP) is 5.54. The van der Waals surface area contributed by atoms with E-state index in [1.165, 1.54) is 6.07 Å². The Balaban J connectivity index is 1.44. The van der Waals surface area contributed by atoms with Gasteiger partial charge in [-0.15, -0.1) is 11.3 Å². The summed E-state index contributed by atoms with van der Waals surface area (Å²) in [5, 5.41) is 12.4. The summed E-state index contributed by atoms with van der Waals surface area (Å²) in [5.74, 6) is 0. The molecule has 0 aliphatic heterocycles. The van der Waals surface area contributed by atoms with Gasteiger partial charge < -0.3 is 10.3 Å². The van der Waals surface area contributed by atoms with Gasteiger partial charge in [-0.1, -0.05) is 6.92 Å². The molecule has 0 bridgehead atoms. The molecule has 0 aromatic carbocycles. The maximum atomic E-state index is 13.6. The summed E-state index contributed by atoms with van der Waals surface area (Å²) in [4.78, 5) is 17.7. The molecule has 0 radical (unpaired) electrons. The van der Waals surface area contributed by atoms with Crippen LogP contribution in [0.4, 0.5) is 4.39 Å². The van der Waals surface area contributed by atoms with E-state index in [-0.39, 0.29) is 5.13 Å². The molecule has 6 aromatic rings. The number of hydrogen-bond acceptors (Lipinski definition) is 6. The fourth-order valence-electron chi connectivity index (χ4n) is 4.11. The van der Waals surface area contributed by atoms with Crippen LogP contribution >= 0.6 is 11.3 Å². The predicted molar refractivity (Wildman–Crippen MR) is 133 cm³/mol. The Labute approximate surface area is 198 Å². The number of aromatic nitrogens is 6. The van der Waals surface area contributed by atoms with Gasteiger partial charge in [-0.3, -0.25) is 10.1 Å². The van der Waals surface area contributed by atoms with Crippen LogP contribution in [0.2, 0.25) is 0 Å². The minimum atomic E-state index is -0.210. The quantitative estimate of drug-likeness (QED) is 0.298. The van der Waals surface area contributed by atoms with E-state index in [0.29, 0.717) is 5.65 Å². The van der Waals surface area contributed by atoms with Gasteiger partial charge in [0.05, 0.1) is 11.4 Å². The van der Waals surface area contributed by atoms with Crippen molar-refractivity contribution in [3.63, 3.8) is 0 Å². The zero-order valence-electron chi connectivity index (χ0n) is 18.3. The Hall–Kier alpha value is -3.95. The number of nitrogens with zero attached hydrogens (tertiary/aromatic N) is 4. The fraction of sp³-hybridized carbons (Fsp3) is 0.120. The minimum Gasteiger partial charge on any atom is -0.338 e. The van der Waals surface area contributed by atoms with Crippen molar-refractivity contribution >= 4 is 33.4 Å². The highest BCUT2D eigenvalue weighted by atomic mass is 32.1. The zero-order chi connectivity index (χ0) is 23.1. The molecule has 3 N–H and O–H groups in total. The van der Waals surface area contributed by atoms with Crippen LogP contribution < -0.4 is 5.32 Å². The van der Waals surface area contributed by atoms with Gasteiger partial charge in [0, 0.05) is 63.7 Å².